The first-order valence-corrected chi connectivity index (χ1v) is 7.17. The second kappa shape index (κ2) is 4.66. The summed E-state index contributed by atoms with van der Waals surface area (Å²) in [4.78, 5) is 8.88. The van der Waals surface area contributed by atoms with Gasteiger partial charge in [0, 0.05) is 30.8 Å². The van der Waals surface area contributed by atoms with Crippen LogP contribution in [0, 0.1) is 0 Å². The summed E-state index contributed by atoms with van der Waals surface area (Å²) in [6.07, 6.45) is 3.68. The second-order valence-corrected chi connectivity index (χ2v) is 5.31. The molecule has 2 aromatic heterocycles. The van der Waals surface area contributed by atoms with Gasteiger partial charge in [0.2, 0.25) is 0 Å². The van der Waals surface area contributed by atoms with E-state index >= 15 is 0 Å². The Bertz CT molecular complexity index is 516. The lowest BCUT2D eigenvalue weighted by Gasteiger charge is -2.23. The van der Waals surface area contributed by atoms with Gasteiger partial charge in [0.1, 0.15) is 11.3 Å². The summed E-state index contributed by atoms with van der Waals surface area (Å²) in [6.45, 7) is 4.19. The molecule has 1 fully saturated rings. The third-order valence-corrected chi connectivity index (χ3v) is 4.19. The molecule has 2 aromatic rings. The molecule has 1 atom stereocenters. The van der Waals surface area contributed by atoms with Crippen LogP contribution >= 0.6 is 11.8 Å². The molecular weight excluding hydrogens is 232 g/mol. The molecule has 0 spiro atoms. The van der Waals surface area contributed by atoms with Crippen LogP contribution in [0.15, 0.2) is 18.5 Å². The lowest BCUT2D eigenvalue weighted by molar-refractivity contribution is 0.536. The summed E-state index contributed by atoms with van der Waals surface area (Å²) >= 11 is 2.00. The number of hydrogen-bond donors (Lipinski definition) is 1. The van der Waals surface area contributed by atoms with Gasteiger partial charge in [-0.3, -0.25) is 4.98 Å². The SMILES string of the molecule is CCn1c(C2CSCCN2)nc2cnccc21. The zero-order valence-electron chi connectivity index (χ0n) is 9.89. The topological polar surface area (TPSA) is 42.7 Å². The Morgan fingerprint density at radius 2 is 2.53 bits per heavy atom. The number of thioether (sulfide) groups is 1. The maximum atomic E-state index is 4.73. The van der Waals surface area contributed by atoms with Gasteiger partial charge in [-0.25, -0.2) is 4.98 Å². The molecule has 4 nitrogen and oxygen atoms in total. The highest BCUT2D eigenvalue weighted by atomic mass is 32.2. The van der Waals surface area contributed by atoms with E-state index in [0.29, 0.717) is 6.04 Å². The Kier molecular flexibility index (Phi) is 3.03. The number of nitrogens with one attached hydrogen (secondary N) is 1. The van der Waals surface area contributed by atoms with E-state index in [9.17, 15) is 0 Å². The van der Waals surface area contributed by atoms with E-state index < -0.39 is 0 Å². The van der Waals surface area contributed by atoms with E-state index in [4.69, 9.17) is 4.98 Å². The van der Waals surface area contributed by atoms with Crippen molar-refractivity contribution in [2.45, 2.75) is 19.5 Å². The van der Waals surface area contributed by atoms with Gasteiger partial charge in [-0.2, -0.15) is 11.8 Å². The summed E-state index contributed by atoms with van der Waals surface area (Å²) in [5.41, 5.74) is 2.19. The largest absolute Gasteiger partial charge is 0.327 e. The number of aryl methyl sites for hydroxylation is 1. The van der Waals surface area contributed by atoms with Gasteiger partial charge in [-0.1, -0.05) is 0 Å². The highest BCUT2D eigenvalue weighted by Crippen LogP contribution is 2.24. The first-order valence-electron chi connectivity index (χ1n) is 6.01. The third kappa shape index (κ3) is 1.93. The van der Waals surface area contributed by atoms with Crippen LogP contribution in [-0.2, 0) is 6.54 Å². The van der Waals surface area contributed by atoms with Crippen LogP contribution in [0.3, 0.4) is 0 Å². The lowest BCUT2D eigenvalue weighted by atomic mass is 10.3. The predicted molar refractivity (Wildman–Crippen MR) is 71.3 cm³/mol. The van der Waals surface area contributed by atoms with E-state index in [2.05, 4.69) is 21.8 Å². The van der Waals surface area contributed by atoms with E-state index in [0.717, 1.165) is 30.2 Å². The van der Waals surface area contributed by atoms with E-state index in [1.165, 1.54) is 11.3 Å². The zero-order chi connectivity index (χ0) is 11.7. The minimum Gasteiger partial charge on any atom is -0.327 e. The van der Waals surface area contributed by atoms with E-state index in [-0.39, 0.29) is 0 Å². The molecule has 0 bridgehead atoms. The van der Waals surface area contributed by atoms with Crippen LogP contribution in [0.5, 0.6) is 0 Å². The Hall–Kier alpha value is -1.07. The molecule has 0 aromatic carbocycles. The highest BCUT2D eigenvalue weighted by molar-refractivity contribution is 7.99. The molecule has 0 saturated carbocycles. The van der Waals surface area contributed by atoms with Gasteiger partial charge in [0.15, 0.2) is 0 Å². The Morgan fingerprint density at radius 3 is 3.29 bits per heavy atom. The molecule has 1 saturated heterocycles. The fraction of sp³-hybridized carbons (Fsp3) is 0.500. The molecule has 3 rings (SSSR count). The maximum Gasteiger partial charge on any atom is 0.127 e. The molecule has 3 heterocycles. The lowest BCUT2D eigenvalue weighted by Crippen LogP contribution is -2.32. The molecular formula is C12H16N4S. The van der Waals surface area contributed by atoms with Crippen molar-refractivity contribution >= 4 is 22.8 Å². The molecule has 0 amide bonds. The van der Waals surface area contributed by atoms with Gasteiger partial charge >= 0.3 is 0 Å². The van der Waals surface area contributed by atoms with Crippen LogP contribution in [-0.4, -0.2) is 32.6 Å². The number of nitrogens with zero attached hydrogens (tertiary/aromatic N) is 3. The number of imidazole rings is 1. The average molecular weight is 248 g/mol. The maximum absolute atomic E-state index is 4.73. The number of rotatable bonds is 2. The Labute approximate surface area is 105 Å². The number of pyridine rings is 1. The summed E-state index contributed by atoms with van der Waals surface area (Å²) < 4.78 is 2.29. The Balaban J connectivity index is 2.08. The number of aromatic nitrogens is 3. The average Bonchev–Trinajstić information content (AvgIpc) is 2.78. The molecule has 1 aliphatic rings. The molecule has 90 valence electrons. The number of fused-ring (bicyclic) bond motifs is 1. The first-order chi connectivity index (χ1) is 8.40. The first kappa shape index (κ1) is 11.0. The van der Waals surface area contributed by atoms with Gasteiger partial charge in [0.25, 0.3) is 0 Å². The van der Waals surface area contributed by atoms with Crippen LogP contribution in [0.1, 0.15) is 18.8 Å². The quantitative estimate of drug-likeness (QED) is 0.880. The van der Waals surface area contributed by atoms with Crippen molar-refractivity contribution in [1.29, 1.82) is 0 Å². The molecule has 1 N–H and O–H groups in total. The van der Waals surface area contributed by atoms with Gasteiger partial charge < -0.3 is 9.88 Å². The van der Waals surface area contributed by atoms with Crippen molar-refractivity contribution < 1.29 is 0 Å². The predicted octanol–water partition coefficient (Wildman–Crippen LogP) is 1.83. The summed E-state index contributed by atoms with van der Waals surface area (Å²) in [5.74, 6) is 3.46. The monoisotopic (exact) mass is 248 g/mol. The zero-order valence-corrected chi connectivity index (χ0v) is 10.7. The summed E-state index contributed by atoms with van der Waals surface area (Å²) in [7, 11) is 0. The van der Waals surface area contributed by atoms with Crippen molar-refractivity contribution in [3.05, 3.63) is 24.3 Å². The molecule has 17 heavy (non-hydrogen) atoms. The Morgan fingerprint density at radius 1 is 1.59 bits per heavy atom. The van der Waals surface area contributed by atoms with Crippen molar-refractivity contribution in [2.24, 2.45) is 0 Å². The fourth-order valence-electron chi connectivity index (χ4n) is 2.33. The smallest absolute Gasteiger partial charge is 0.127 e. The fourth-order valence-corrected chi connectivity index (χ4v) is 3.26. The minimum atomic E-state index is 0.376. The van der Waals surface area contributed by atoms with Crippen molar-refractivity contribution in [3.63, 3.8) is 0 Å². The van der Waals surface area contributed by atoms with Crippen molar-refractivity contribution in [2.75, 3.05) is 18.1 Å². The molecule has 5 heteroatoms. The van der Waals surface area contributed by atoms with Crippen LogP contribution < -0.4 is 5.32 Å². The van der Waals surface area contributed by atoms with Crippen LogP contribution in [0.4, 0.5) is 0 Å². The number of hydrogen-bond acceptors (Lipinski definition) is 4. The normalized spacial score (nSPS) is 20.9. The highest BCUT2D eigenvalue weighted by Gasteiger charge is 2.21. The van der Waals surface area contributed by atoms with Gasteiger partial charge in [-0.05, 0) is 13.0 Å². The van der Waals surface area contributed by atoms with Crippen molar-refractivity contribution in [3.8, 4) is 0 Å². The van der Waals surface area contributed by atoms with Crippen molar-refractivity contribution in [1.82, 2.24) is 19.9 Å². The summed E-state index contributed by atoms with van der Waals surface area (Å²) in [6, 6.07) is 2.42. The molecule has 1 aliphatic heterocycles. The second-order valence-electron chi connectivity index (χ2n) is 4.16. The third-order valence-electron chi connectivity index (χ3n) is 3.13. The molecule has 0 radical (unpaired) electrons. The minimum absolute atomic E-state index is 0.376. The van der Waals surface area contributed by atoms with E-state index in [1.807, 2.05) is 30.2 Å². The molecule has 0 aliphatic carbocycles. The van der Waals surface area contributed by atoms with Crippen LogP contribution in [0.25, 0.3) is 11.0 Å². The molecule has 1 unspecified atom stereocenters. The van der Waals surface area contributed by atoms with Gasteiger partial charge in [0.05, 0.1) is 17.8 Å². The van der Waals surface area contributed by atoms with Crippen LogP contribution in [0.2, 0.25) is 0 Å². The van der Waals surface area contributed by atoms with E-state index in [1.54, 1.807) is 0 Å². The summed E-state index contributed by atoms with van der Waals surface area (Å²) in [5, 5.41) is 3.55. The standard InChI is InChI=1S/C12H16N4S/c1-2-16-11-3-4-13-7-9(11)15-12(16)10-8-17-6-5-14-10/h3-4,7,10,14H,2,5-6,8H2,1H3. The van der Waals surface area contributed by atoms with Gasteiger partial charge in [-0.15, -0.1) is 0 Å².